The normalized spacial score (nSPS) is 14.5. The first-order valence-corrected chi connectivity index (χ1v) is 6.92. The van der Waals surface area contributed by atoms with E-state index in [9.17, 15) is 9.18 Å². The Morgan fingerprint density at radius 3 is 2.81 bits per heavy atom. The van der Waals surface area contributed by atoms with Gasteiger partial charge in [0.05, 0.1) is 18.9 Å². The predicted octanol–water partition coefficient (Wildman–Crippen LogP) is 3.66. The SMILES string of the molecule is COc1ccc(C(Cl)c2ccc3c(c2)CC(=O)N3)c(F)c1. The Hall–Kier alpha value is -2.07. The zero-order chi connectivity index (χ0) is 15.0. The molecule has 0 aromatic heterocycles. The van der Waals surface area contributed by atoms with Gasteiger partial charge in [-0.25, -0.2) is 4.39 Å². The summed E-state index contributed by atoms with van der Waals surface area (Å²) in [4.78, 5) is 11.4. The van der Waals surface area contributed by atoms with Gasteiger partial charge in [0.2, 0.25) is 5.91 Å². The maximum Gasteiger partial charge on any atom is 0.228 e. The summed E-state index contributed by atoms with van der Waals surface area (Å²) in [5.41, 5.74) is 2.82. The Kier molecular flexibility index (Phi) is 3.55. The monoisotopic (exact) mass is 305 g/mol. The van der Waals surface area contributed by atoms with Crippen LogP contribution in [0.15, 0.2) is 36.4 Å². The van der Waals surface area contributed by atoms with Gasteiger partial charge in [0.15, 0.2) is 0 Å². The standard InChI is InChI=1S/C16H13ClFNO2/c1-21-11-3-4-12(13(18)8-11)16(17)9-2-5-14-10(6-9)7-15(20)19-14/h2-6,8,16H,7H2,1H3,(H,19,20). The molecule has 108 valence electrons. The Morgan fingerprint density at radius 1 is 1.29 bits per heavy atom. The number of alkyl halides is 1. The van der Waals surface area contributed by atoms with Gasteiger partial charge >= 0.3 is 0 Å². The van der Waals surface area contributed by atoms with Crippen LogP contribution >= 0.6 is 11.6 Å². The van der Waals surface area contributed by atoms with E-state index in [0.29, 0.717) is 17.7 Å². The molecule has 3 rings (SSSR count). The number of fused-ring (bicyclic) bond motifs is 1. The maximum atomic E-state index is 14.1. The number of benzene rings is 2. The third-order valence-corrected chi connectivity index (χ3v) is 4.01. The largest absolute Gasteiger partial charge is 0.497 e. The van der Waals surface area contributed by atoms with Gasteiger partial charge in [0.25, 0.3) is 0 Å². The lowest BCUT2D eigenvalue weighted by Crippen LogP contribution is -2.03. The molecule has 21 heavy (non-hydrogen) atoms. The molecule has 0 saturated heterocycles. The van der Waals surface area contributed by atoms with E-state index in [2.05, 4.69) is 5.32 Å². The van der Waals surface area contributed by atoms with Gasteiger partial charge < -0.3 is 10.1 Å². The summed E-state index contributed by atoms with van der Waals surface area (Å²) in [5.74, 6) is -0.00295. The Bertz CT molecular complexity index is 717. The number of hydrogen-bond donors (Lipinski definition) is 1. The van der Waals surface area contributed by atoms with Crippen molar-refractivity contribution in [1.82, 2.24) is 0 Å². The molecule has 2 aromatic rings. The van der Waals surface area contributed by atoms with Gasteiger partial charge in [0, 0.05) is 17.3 Å². The first-order chi connectivity index (χ1) is 10.1. The molecule has 0 fully saturated rings. The van der Waals surface area contributed by atoms with E-state index in [1.54, 1.807) is 24.3 Å². The van der Waals surface area contributed by atoms with Crippen LogP contribution < -0.4 is 10.1 Å². The summed E-state index contributed by atoms with van der Waals surface area (Å²) in [5, 5.41) is 2.14. The topological polar surface area (TPSA) is 38.3 Å². The summed E-state index contributed by atoms with van der Waals surface area (Å²) in [6, 6.07) is 10.0. The zero-order valence-corrected chi connectivity index (χ0v) is 12.1. The molecule has 1 amide bonds. The molecule has 1 N–H and O–H groups in total. The fourth-order valence-electron chi connectivity index (χ4n) is 2.43. The number of hydrogen-bond acceptors (Lipinski definition) is 2. The summed E-state index contributed by atoms with van der Waals surface area (Å²) in [7, 11) is 1.48. The molecule has 1 heterocycles. The number of carbonyl (C=O) groups is 1. The number of ether oxygens (including phenoxy) is 1. The predicted molar refractivity (Wildman–Crippen MR) is 79.4 cm³/mol. The second-order valence-corrected chi connectivity index (χ2v) is 5.33. The van der Waals surface area contributed by atoms with Crippen molar-refractivity contribution in [3.63, 3.8) is 0 Å². The number of amides is 1. The molecular formula is C16H13ClFNO2. The van der Waals surface area contributed by atoms with Gasteiger partial charge in [-0.05, 0) is 23.3 Å². The van der Waals surface area contributed by atoms with E-state index in [1.165, 1.54) is 13.2 Å². The molecular weight excluding hydrogens is 293 g/mol. The molecule has 1 atom stereocenters. The van der Waals surface area contributed by atoms with Crippen LogP contribution in [-0.4, -0.2) is 13.0 Å². The summed E-state index contributed by atoms with van der Waals surface area (Å²) in [6.07, 6.45) is 0.331. The first-order valence-electron chi connectivity index (χ1n) is 6.48. The van der Waals surface area contributed by atoms with E-state index in [0.717, 1.165) is 16.8 Å². The maximum absolute atomic E-state index is 14.1. The van der Waals surface area contributed by atoms with E-state index < -0.39 is 11.2 Å². The van der Waals surface area contributed by atoms with Gasteiger partial charge in [0.1, 0.15) is 11.6 Å². The van der Waals surface area contributed by atoms with Crippen LogP contribution in [-0.2, 0) is 11.2 Å². The molecule has 0 aliphatic carbocycles. The van der Waals surface area contributed by atoms with Crippen LogP contribution in [0.1, 0.15) is 22.1 Å². The summed E-state index contributed by atoms with van der Waals surface area (Å²) < 4.78 is 19.1. The quantitative estimate of drug-likeness (QED) is 0.879. The van der Waals surface area contributed by atoms with Crippen LogP contribution in [0.5, 0.6) is 5.75 Å². The van der Waals surface area contributed by atoms with Crippen molar-refractivity contribution in [1.29, 1.82) is 0 Å². The van der Waals surface area contributed by atoms with Crippen LogP contribution in [0.2, 0.25) is 0 Å². The number of nitrogens with one attached hydrogen (secondary N) is 1. The lowest BCUT2D eigenvalue weighted by Gasteiger charge is -2.13. The third kappa shape index (κ3) is 2.59. The van der Waals surface area contributed by atoms with Crippen LogP contribution in [0.25, 0.3) is 0 Å². The van der Waals surface area contributed by atoms with Gasteiger partial charge in [-0.1, -0.05) is 18.2 Å². The smallest absolute Gasteiger partial charge is 0.228 e. The highest BCUT2D eigenvalue weighted by atomic mass is 35.5. The third-order valence-electron chi connectivity index (χ3n) is 3.53. The highest BCUT2D eigenvalue weighted by Gasteiger charge is 2.21. The number of rotatable bonds is 3. The molecule has 0 bridgehead atoms. The molecule has 1 unspecified atom stereocenters. The van der Waals surface area contributed by atoms with Crippen molar-refractivity contribution in [2.24, 2.45) is 0 Å². The van der Waals surface area contributed by atoms with E-state index in [-0.39, 0.29) is 5.91 Å². The van der Waals surface area contributed by atoms with Gasteiger partial charge in [-0.3, -0.25) is 4.79 Å². The lowest BCUT2D eigenvalue weighted by atomic mass is 10.0. The fraction of sp³-hybridized carbons (Fsp3) is 0.188. The van der Waals surface area contributed by atoms with Crippen LogP contribution in [0.3, 0.4) is 0 Å². The Morgan fingerprint density at radius 2 is 2.10 bits per heavy atom. The zero-order valence-electron chi connectivity index (χ0n) is 11.3. The summed E-state index contributed by atoms with van der Waals surface area (Å²) in [6.45, 7) is 0. The average Bonchev–Trinajstić information content (AvgIpc) is 2.85. The van der Waals surface area contributed by atoms with E-state index in [1.807, 2.05) is 6.07 Å². The minimum atomic E-state index is -0.614. The number of carbonyl (C=O) groups excluding carboxylic acids is 1. The molecule has 3 nitrogen and oxygen atoms in total. The minimum Gasteiger partial charge on any atom is -0.497 e. The second kappa shape index (κ2) is 5.37. The van der Waals surface area contributed by atoms with Crippen LogP contribution in [0.4, 0.5) is 10.1 Å². The van der Waals surface area contributed by atoms with Crippen molar-refractivity contribution in [2.75, 3.05) is 12.4 Å². The lowest BCUT2D eigenvalue weighted by molar-refractivity contribution is -0.115. The Balaban J connectivity index is 1.94. The molecule has 5 heteroatoms. The van der Waals surface area contributed by atoms with Crippen molar-refractivity contribution in [3.8, 4) is 5.75 Å². The van der Waals surface area contributed by atoms with Crippen molar-refractivity contribution >= 4 is 23.2 Å². The molecule has 0 saturated carbocycles. The highest BCUT2D eigenvalue weighted by Crippen LogP contribution is 2.35. The van der Waals surface area contributed by atoms with Crippen LogP contribution in [0, 0.1) is 5.82 Å². The van der Waals surface area contributed by atoms with Crippen molar-refractivity contribution < 1.29 is 13.9 Å². The molecule has 1 aliphatic heterocycles. The average molecular weight is 306 g/mol. The molecule has 2 aromatic carbocycles. The molecule has 0 radical (unpaired) electrons. The van der Waals surface area contributed by atoms with E-state index >= 15 is 0 Å². The van der Waals surface area contributed by atoms with Crippen molar-refractivity contribution in [3.05, 3.63) is 58.9 Å². The van der Waals surface area contributed by atoms with Gasteiger partial charge in [-0.15, -0.1) is 11.6 Å². The highest BCUT2D eigenvalue weighted by molar-refractivity contribution is 6.22. The number of halogens is 2. The molecule has 0 spiro atoms. The van der Waals surface area contributed by atoms with E-state index in [4.69, 9.17) is 16.3 Å². The van der Waals surface area contributed by atoms with Gasteiger partial charge in [-0.2, -0.15) is 0 Å². The summed E-state index contributed by atoms with van der Waals surface area (Å²) >= 11 is 6.38. The first kappa shape index (κ1) is 13.9. The minimum absolute atomic E-state index is 0.0381. The number of anilines is 1. The number of methoxy groups -OCH3 is 1. The second-order valence-electron chi connectivity index (χ2n) is 4.89. The molecule has 1 aliphatic rings. The van der Waals surface area contributed by atoms with Crippen molar-refractivity contribution in [2.45, 2.75) is 11.8 Å². The Labute approximate surface area is 126 Å². The fourth-order valence-corrected chi connectivity index (χ4v) is 2.74.